The van der Waals surface area contributed by atoms with E-state index in [1.54, 1.807) is 6.92 Å². The smallest absolute Gasteiger partial charge is 0.332 e. The fraction of sp³-hybridized carbons (Fsp3) is 0.911. The number of aliphatic hydroxyl groups is 1. The molecule has 11 unspecified atom stereocenters. The fourth-order valence-electron chi connectivity index (χ4n) is 25.7. The van der Waals surface area contributed by atoms with Crippen LogP contribution >= 0.6 is 0 Å². The van der Waals surface area contributed by atoms with E-state index >= 15 is 0 Å². The summed E-state index contributed by atoms with van der Waals surface area (Å²) in [4.78, 5) is 86.2. The highest BCUT2D eigenvalue weighted by atomic mass is 16.6. The van der Waals surface area contributed by atoms with Crippen LogP contribution < -0.4 is 11.5 Å². The highest BCUT2D eigenvalue weighted by Crippen LogP contribution is 2.67. The number of carbonyl (C=O) groups is 7. The second kappa shape index (κ2) is 32.1. The first-order valence-corrected chi connectivity index (χ1v) is 43.7. The van der Waals surface area contributed by atoms with Crippen LogP contribution in [0.15, 0.2) is 0 Å². The van der Waals surface area contributed by atoms with Crippen molar-refractivity contribution in [2.45, 2.75) is 398 Å². The van der Waals surface area contributed by atoms with Gasteiger partial charge in [0.05, 0.1) is 93.9 Å². The number of hydrogen-bond donors (Lipinski definition) is 4. The van der Waals surface area contributed by atoms with Crippen LogP contribution in [0.4, 0.5) is 0 Å². The Morgan fingerprint density at radius 3 is 0.865 bits per heavy atom. The van der Waals surface area contributed by atoms with Gasteiger partial charge in [-0.25, -0.2) is 4.79 Å². The highest BCUT2D eigenvalue weighted by molar-refractivity contribution is 5.82. The first kappa shape index (κ1) is 87.4. The normalized spacial score (nSPS) is 39.9. The summed E-state index contributed by atoms with van der Waals surface area (Å²) < 4.78 is 54.8. The topological polar surface area (TPSA) is 319 Å². The Morgan fingerprint density at radius 1 is 0.387 bits per heavy atom. The molecule has 6 N–H and O–H groups in total. The number of esters is 5. The summed E-state index contributed by atoms with van der Waals surface area (Å²) in [7, 11) is 0. The molecular weight excluding hydrogens is 1410 g/mol. The molecule has 628 valence electrons. The SMILES string of the molecule is CCC(C)(C)C(=O)OC12CC3CC(C1)CC(C(N)=O)(C3)C2.CCC(C)(C)C(=O)OC12CC3CC(C1)CC(OC(C)C(=O)O)(C3)C2.CCC(C)(C)C(=O)OC12CC3CC(CC(OCCC#N)(C3)C1)C2.CCC(C)(C)C(=O)OC12CC3CC(CC(OCCO)(C3)C1)C2.CCC(C)(C)C(=O)OC12CC3CC(CC(OCN)(C3)C1)C2. The number of ether oxygens (including phenoxy) is 9. The molecule has 0 saturated heterocycles. The first-order valence-electron chi connectivity index (χ1n) is 43.7. The summed E-state index contributed by atoms with van der Waals surface area (Å²) in [5, 5.41) is 27.1. The van der Waals surface area contributed by atoms with Crippen molar-refractivity contribution in [1.82, 2.24) is 0 Å². The van der Waals surface area contributed by atoms with Crippen LogP contribution in [0.5, 0.6) is 0 Å². The van der Waals surface area contributed by atoms with Crippen molar-refractivity contribution in [2.24, 2.45) is 103 Å². The molecule has 0 aromatic heterocycles. The average molecular weight is 1560 g/mol. The van der Waals surface area contributed by atoms with Gasteiger partial charge >= 0.3 is 35.8 Å². The number of nitriles is 1. The molecule has 20 bridgehead atoms. The van der Waals surface area contributed by atoms with Crippen LogP contribution in [-0.4, -0.2) is 135 Å². The summed E-state index contributed by atoms with van der Waals surface area (Å²) >= 11 is 0. The summed E-state index contributed by atoms with van der Waals surface area (Å²) in [6.45, 7) is 32.5. The monoisotopic (exact) mass is 1560 g/mol. The number of rotatable bonds is 27. The lowest BCUT2D eigenvalue weighted by atomic mass is 9.47. The van der Waals surface area contributed by atoms with Gasteiger partial charge < -0.3 is 64.3 Å². The Morgan fingerprint density at radius 2 is 0.622 bits per heavy atom. The molecule has 20 saturated carbocycles. The molecule has 0 spiro atoms. The lowest BCUT2D eigenvalue weighted by Crippen LogP contribution is -2.62. The largest absolute Gasteiger partial charge is 0.479 e. The van der Waals surface area contributed by atoms with E-state index in [0.717, 1.165) is 186 Å². The van der Waals surface area contributed by atoms with E-state index in [9.17, 15) is 38.7 Å². The van der Waals surface area contributed by atoms with Crippen LogP contribution in [0.2, 0.25) is 0 Å². The molecular formula is C90H145N3O18. The van der Waals surface area contributed by atoms with Crippen molar-refractivity contribution >= 4 is 41.7 Å². The van der Waals surface area contributed by atoms with Crippen LogP contribution in [0.25, 0.3) is 0 Å². The number of carboxylic acids is 1. The minimum atomic E-state index is -0.927. The molecule has 1 amide bonds. The summed E-state index contributed by atoms with van der Waals surface area (Å²) in [6, 6.07) is 2.16. The second-order valence-electron chi connectivity index (χ2n) is 43.0. The maximum absolute atomic E-state index is 12.7. The molecule has 20 fully saturated rings. The third kappa shape index (κ3) is 18.8. The second-order valence-corrected chi connectivity index (χ2v) is 43.0. The molecule has 20 aliphatic carbocycles. The zero-order valence-electron chi connectivity index (χ0n) is 71.2. The molecule has 0 aromatic rings. The van der Waals surface area contributed by atoms with Gasteiger partial charge in [-0.3, -0.25) is 28.8 Å². The minimum absolute atomic E-state index is 0.0464. The number of carboxylic acid groups (broad SMARTS) is 1. The number of nitrogens with two attached hydrogens (primary N) is 2. The third-order valence-corrected chi connectivity index (χ3v) is 31.4. The molecule has 11 atom stereocenters. The van der Waals surface area contributed by atoms with Crippen molar-refractivity contribution in [1.29, 1.82) is 5.26 Å². The molecule has 20 aliphatic rings. The summed E-state index contributed by atoms with van der Waals surface area (Å²) in [5.41, 5.74) is 6.10. The predicted molar refractivity (Wildman–Crippen MR) is 418 cm³/mol. The zero-order chi connectivity index (χ0) is 81.2. The maximum atomic E-state index is 12.7. The number of aliphatic hydroxyl groups excluding tert-OH is 1. The molecule has 0 radical (unpaired) electrons. The van der Waals surface area contributed by atoms with Crippen molar-refractivity contribution in [3.05, 3.63) is 0 Å². The molecule has 0 aromatic carbocycles. The van der Waals surface area contributed by atoms with Gasteiger partial charge in [-0.2, -0.15) is 5.26 Å². The van der Waals surface area contributed by atoms with Crippen LogP contribution in [0.1, 0.15) is 342 Å². The zero-order valence-corrected chi connectivity index (χ0v) is 71.2. The Labute approximate surface area is 664 Å². The van der Waals surface area contributed by atoms with Gasteiger partial charge in [0.25, 0.3) is 0 Å². The van der Waals surface area contributed by atoms with E-state index in [1.165, 1.54) is 25.7 Å². The Kier molecular flexibility index (Phi) is 25.3. The molecule has 0 heterocycles. The quantitative estimate of drug-likeness (QED) is 0.0257. The van der Waals surface area contributed by atoms with Crippen molar-refractivity contribution in [3.8, 4) is 6.07 Å². The van der Waals surface area contributed by atoms with Gasteiger partial charge in [-0.05, 0) is 328 Å². The summed E-state index contributed by atoms with van der Waals surface area (Å²) in [5.74, 6) is 4.11. The van der Waals surface area contributed by atoms with Crippen LogP contribution in [0, 0.1) is 103 Å². The molecule has 21 heteroatoms. The van der Waals surface area contributed by atoms with Crippen molar-refractivity contribution in [2.75, 3.05) is 26.6 Å². The minimum Gasteiger partial charge on any atom is -0.479 e. The lowest BCUT2D eigenvalue weighted by molar-refractivity contribution is -0.248. The first-order chi connectivity index (χ1) is 51.7. The van der Waals surface area contributed by atoms with Gasteiger partial charge in [0.2, 0.25) is 5.91 Å². The lowest BCUT2D eigenvalue weighted by Gasteiger charge is -2.61. The van der Waals surface area contributed by atoms with E-state index in [1.807, 2.05) is 104 Å². The fourth-order valence-corrected chi connectivity index (χ4v) is 25.7. The number of aliphatic carboxylic acids is 1. The van der Waals surface area contributed by atoms with Gasteiger partial charge in [0.1, 0.15) is 28.0 Å². The van der Waals surface area contributed by atoms with Crippen LogP contribution in [-0.2, 0) is 76.2 Å². The number of amides is 1. The average Bonchev–Trinajstić information content (AvgIpc) is 0.749. The van der Waals surface area contributed by atoms with E-state index < -0.39 is 61.4 Å². The van der Waals surface area contributed by atoms with Gasteiger partial charge in [0.15, 0.2) is 6.10 Å². The Hall–Kier alpha value is -4.46. The molecule has 21 nitrogen and oxygen atoms in total. The van der Waals surface area contributed by atoms with Gasteiger partial charge in [-0.1, -0.05) is 34.6 Å². The van der Waals surface area contributed by atoms with E-state index in [2.05, 4.69) is 6.07 Å². The summed E-state index contributed by atoms with van der Waals surface area (Å²) in [6.07, 6.45) is 33.1. The number of nitrogens with zero attached hydrogens (tertiary/aromatic N) is 1. The Balaban J connectivity index is 0.000000138. The van der Waals surface area contributed by atoms with Gasteiger partial charge in [-0.15, -0.1) is 0 Å². The number of hydrogen-bond acceptors (Lipinski definition) is 19. The third-order valence-electron chi connectivity index (χ3n) is 31.4. The molecule has 20 rings (SSSR count). The molecule has 111 heavy (non-hydrogen) atoms. The Bertz CT molecular complexity index is 3370. The van der Waals surface area contributed by atoms with E-state index in [4.69, 9.17) is 64.5 Å². The van der Waals surface area contributed by atoms with E-state index in [-0.39, 0.29) is 82.7 Å². The van der Waals surface area contributed by atoms with Crippen LogP contribution in [0.3, 0.4) is 0 Å². The molecule has 0 aliphatic heterocycles. The number of primary amides is 1. The van der Waals surface area contributed by atoms with Gasteiger partial charge in [0, 0.05) is 32.1 Å². The maximum Gasteiger partial charge on any atom is 0.332 e. The predicted octanol–water partition coefficient (Wildman–Crippen LogP) is 16.4. The van der Waals surface area contributed by atoms with Crippen molar-refractivity contribution < 1.29 is 86.4 Å². The van der Waals surface area contributed by atoms with Crippen molar-refractivity contribution in [3.63, 3.8) is 0 Å². The standard InChI is InChI=1S/C19H29NO3.C19H30O5.C18H30O4.C17H29NO3.C17H27NO3/c1-4-17(2,3)16(21)23-19-11-14-8-15(12-19)10-18(9-14,13-19)22-7-5-6-20;1-5-17(3,4)16(22)24-19-9-13-6-14(10-19)8-18(7-13,11-19)23-12(2)15(20)21;1-4-16(2,3)15(20)22-18-10-13-7-14(11-18)9-17(8-13,12-18)21-6-5-19;1-4-15(2,3)14(19)21-17-8-12-5-13(9-17)7-16(6-12,10-17)20-11-18;1-4-15(2,3)14(20)21-17-8-11-5-12(9-17)7-16(6-11,10-17)13(18)19/h14-15H,4-5,7-13H2,1-3H3;12-14H,5-11H2,1-4H3,(H,20,21);13-14,19H,4-12H2,1-3H3;12-13H,4-11,18H2,1-3H3;11-12H,4-10H2,1-3H3,(H2,18,19). The van der Waals surface area contributed by atoms with E-state index in [0.29, 0.717) is 91.7 Å². The number of carbonyl (C=O) groups excluding carboxylic acids is 6. The highest BCUT2D eigenvalue weighted by Gasteiger charge is 2.67.